The van der Waals surface area contributed by atoms with Crippen LogP contribution in [0.1, 0.15) is 38.5 Å². The van der Waals surface area contributed by atoms with E-state index in [2.05, 4.69) is 9.80 Å². The molecule has 4 saturated carbocycles. The molecule has 0 radical (unpaired) electrons. The number of rotatable bonds is 3. The summed E-state index contributed by atoms with van der Waals surface area (Å²) in [7, 11) is 0. The van der Waals surface area contributed by atoms with Gasteiger partial charge >= 0.3 is 0 Å². The molecule has 0 atom stereocenters. The minimum atomic E-state index is -0.296. The van der Waals surface area contributed by atoms with E-state index in [1.54, 1.807) is 18.2 Å². The minimum absolute atomic E-state index is 0.195. The lowest BCUT2D eigenvalue weighted by molar-refractivity contribution is -0.384. The standard InChI is InChI=1S/C20H27N3O2/c24-23(25)19-3-1-2-18(11-19)21-4-6-22(7-5-21)20-12-15-8-16(13-20)10-17(9-15)14-20/h1-3,11,15-17H,4-10,12-14H2. The molecule has 5 aliphatic rings. The quantitative estimate of drug-likeness (QED) is 0.621. The lowest BCUT2D eigenvalue weighted by Crippen LogP contribution is -2.63. The Morgan fingerprint density at radius 1 is 0.960 bits per heavy atom. The highest BCUT2D eigenvalue weighted by Crippen LogP contribution is 2.57. The molecule has 5 fully saturated rings. The van der Waals surface area contributed by atoms with Crippen LogP contribution in [-0.4, -0.2) is 41.5 Å². The molecule has 1 aromatic rings. The summed E-state index contributed by atoms with van der Waals surface area (Å²) in [5.41, 5.74) is 1.68. The van der Waals surface area contributed by atoms with Crippen LogP contribution in [0.4, 0.5) is 11.4 Å². The Balaban J connectivity index is 1.29. The second-order valence-electron chi connectivity index (χ2n) is 8.89. The van der Waals surface area contributed by atoms with Gasteiger partial charge in [0.05, 0.1) is 4.92 Å². The lowest BCUT2D eigenvalue weighted by atomic mass is 9.52. The Labute approximate surface area is 149 Å². The second-order valence-corrected chi connectivity index (χ2v) is 8.89. The van der Waals surface area contributed by atoms with Crippen LogP contribution in [0.25, 0.3) is 0 Å². The topological polar surface area (TPSA) is 49.6 Å². The van der Waals surface area contributed by atoms with Gasteiger partial charge in [0.15, 0.2) is 0 Å². The predicted molar refractivity (Wildman–Crippen MR) is 97.8 cm³/mol. The Kier molecular flexibility index (Phi) is 3.56. The summed E-state index contributed by atoms with van der Waals surface area (Å²) in [6.07, 6.45) is 8.76. The van der Waals surface area contributed by atoms with Crippen molar-refractivity contribution in [2.75, 3.05) is 31.1 Å². The number of nitrogens with zero attached hydrogens (tertiary/aromatic N) is 3. The number of non-ortho nitro benzene ring substituents is 1. The molecule has 1 aliphatic heterocycles. The van der Waals surface area contributed by atoms with E-state index in [0.717, 1.165) is 49.6 Å². The first-order chi connectivity index (χ1) is 12.1. The first kappa shape index (κ1) is 15.6. The molecule has 5 heteroatoms. The Hall–Kier alpha value is -1.62. The van der Waals surface area contributed by atoms with Crippen LogP contribution in [0, 0.1) is 27.9 Å². The van der Waals surface area contributed by atoms with Crippen LogP contribution in [-0.2, 0) is 0 Å². The van der Waals surface area contributed by atoms with Crippen molar-refractivity contribution in [2.45, 2.75) is 44.1 Å². The van der Waals surface area contributed by atoms with Gasteiger partial charge in [0.25, 0.3) is 5.69 Å². The lowest BCUT2D eigenvalue weighted by Gasteiger charge is -2.61. The second kappa shape index (κ2) is 5.70. The molecule has 1 aromatic carbocycles. The maximum Gasteiger partial charge on any atom is 0.271 e. The molecule has 5 nitrogen and oxygen atoms in total. The van der Waals surface area contributed by atoms with Gasteiger partial charge in [-0.1, -0.05) is 6.07 Å². The van der Waals surface area contributed by atoms with Crippen molar-refractivity contribution in [3.05, 3.63) is 34.4 Å². The van der Waals surface area contributed by atoms with E-state index >= 15 is 0 Å². The average molecular weight is 341 g/mol. The number of hydrogen-bond acceptors (Lipinski definition) is 4. The summed E-state index contributed by atoms with van der Waals surface area (Å²) in [5, 5.41) is 11.0. The fourth-order valence-electron chi connectivity index (χ4n) is 6.69. The number of nitro benzene ring substituents is 1. The van der Waals surface area contributed by atoms with Crippen LogP contribution in [0.15, 0.2) is 24.3 Å². The molecule has 0 N–H and O–H groups in total. The first-order valence-corrected chi connectivity index (χ1v) is 9.86. The molecule has 0 spiro atoms. The van der Waals surface area contributed by atoms with Crippen molar-refractivity contribution in [1.29, 1.82) is 0 Å². The summed E-state index contributed by atoms with van der Waals surface area (Å²) in [5.74, 6) is 2.96. The van der Waals surface area contributed by atoms with Crippen molar-refractivity contribution < 1.29 is 4.92 Å². The Morgan fingerprint density at radius 2 is 1.56 bits per heavy atom. The molecule has 1 saturated heterocycles. The highest BCUT2D eigenvalue weighted by atomic mass is 16.6. The molecular formula is C20H27N3O2. The summed E-state index contributed by atoms with van der Waals surface area (Å²) in [6, 6.07) is 7.11. The molecule has 0 amide bonds. The highest BCUT2D eigenvalue weighted by molar-refractivity contribution is 5.53. The third kappa shape index (κ3) is 2.64. The molecule has 0 aromatic heterocycles. The normalized spacial score (nSPS) is 37.4. The zero-order chi connectivity index (χ0) is 17.0. The van der Waals surface area contributed by atoms with E-state index in [9.17, 15) is 10.1 Å². The van der Waals surface area contributed by atoms with Crippen molar-refractivity contribution in [2.24, 2.45) is 17.8 Å². The van der Waals surface area contributed by atoms with Gasteiger partial charge in [-0.2, -0.15) is 0 Å². The zero-order valence-corrected chi connectivity index (χ0v) is 14.8. The van der Waals surface area contributed by atoms with Crippen LogP contribution in [0.5, 0.6) is 0 Å². The summed E-state index contributed by atoms with van der Waals surface area (Å²) < 4.78 is 0. The number of nitro groups is 1. The van der Waals surface area contributed by atoms with Gasteiger partial charge in [-0.25, -0.2) is 0 Å². The predicted octanol–water partition coefficient (Wildman–Crippen LogP) is 3.69. The number of hydrogen-bond donors (Lipinski definition) is 0. The molecule has 1 heterocycles. The van der Waals surface area contributed by atoms with Gasteiger partial charge < -0.3 is 4.90 Å². The largest absolute Gasteiger partial charge is 0.369 e. The van der Waals surface area contributed by atoms with Crippen LogP contribution < -0.4 is 4.90 Å². The fraction of sp³-hybridized carbons (Fsp3) is 0.700. The SMILES string of the molecule is O=[N+]([O-])c1cccc(N2CCN(C34CC5CC(CC(C5)C3)C4)CC2)c1. The van der Waals surface area contributed by atoms with Gasteiger partial charge in [-0.15, -0.1) is 0 Å². The van der Waals surface area contributed by atoms with E-state index in [4.69, 9.17) is 0 Å². The van der Waals surface area contributed by atoms with E-state index in [-0.39, 0.29) is 10.6 Å². The van der Waals surface area contributed by atoms with E-state index in [1.165, 1.54) is 38.5 Å². The molecule has 0 unspecified atom stereocenters. The highest BCUT2D eigenvalue weighted by Gasteiger charge is 2.53. The first-order valence-electron chi connectivity index (χ1n) is 9.86. The molecule has 4 aliphatic carbocycles. The van der Waals surface area contributed by atoms with Crippen LogP contribution >= 0.6 is 0 Å². The van der Waals surface area contributed by atoms with E-state index < -0.39 is 0 Å². The van der Waals surface area contributed by atoms with Gasteiger partial charge in [0.1, 0.15) is 0 Å². The molecule has 6 rings (SSSR count). The smallest absolute Gasteiger partial charge is 0.271 e. The van der Waals surface area contributed by atoms with E-state index in [1.807, 2.05) is 6.07 Å². The summed E-state index contributed by atoms with van der Waals surface area (Å²) in [4.78, 5) is 15.9. The monoisotopic (exact) mass is 341 g/mol. The van der Waals surface area contributed by atoms with Gasteiger partial charge in [0.2, 0.25) is 0 Å². The van der Waals surface area contributed by atoms with Crippen LogP contribution in [0.2, 0.25) is 0 Å². The van der Waals surface area contributed by atoms with E-state index in [0.29, 0.717) is 5.54 Å². The van der Waals surface area contributed by atoms with Crippen molar-refractivity contribution >= 4 is 11.4 Å². The Morgan fingerprint density at radius 3 is 2.12 bits per heavy atom. The molecule has 25 heavy (non-hydrogen) atoms. The molecular weight excluding hydrogens is 314 g/mol. The molecule has 134 valence electrons. The van der Waals surface area contributed by atoms with Gasteiger partial charge in [-0.3, -0.25) is 15.0 Å². The van der Waals surface area contributed by atoms with Crippen LogP contribution in [0.3, 0.4) is 0 Å². The number of anilines is 1. The van der Waals surface area contributed by atoms with Crippen molar-refractivity contribution in [3.8, 4) is 0 Å². The van der Waals surface area contributed by atoms with Crippen molar-refractivity contribution in [1.82, 2.24) is 4.90 Å². The summed E-state index contributed by atoms with van der Waals surface area (Å²) in [6.45, 7) is 4.19. The van der Waals surface area contributed by atoms with Crippen molar-refractivity contribution in [3.63, 3.8) is 0 Å². The average Bonchev–Trinajstić information content (AvgIpc) is 2.61. The Bertz CT molecular complexity index is 646. The minimum Gasteiger partial charge on any atom is -0.369 e. The third-order valence-corrected chi connectivity index (χ3v) is 7.36. The zero-order valence-electron chi connectivity index (χ0n) is 14.8. The maximum atomic E-state index is 11.0. The molecule has 4 bridgehead atoms. The number of benzene rings is 1. The summed E-state index contributed by atoms with van der Waals surface area (Å²) >= 11 is 0. The fourth-order valence-corrected chi connectivity index (χ4v) is 6.69. The van der Waals surface area contributed by atoms with Gasteiger partial charge in [-0.05, 0) is 62.3 Å². The maximum absolute atomic E-state index is 11.0. The van der Waals surface area contributed by atoms with Gasteiger partial charge in [0, 0.05) is 49.5 Å². The number of piperazine rings is 1. The third-order valence-electron chi connectivity index (χ3n) is 7.36.